The average Bonchev–Trinajstić information content (AvgIpc) is 2.75. The lowest BCUT2D eigenvalue weighted by molar-refractivity contribution is -0.134. The molecule has 0 unspecified atom stereocenters. The number of carbonyl (C=O) groups excluding carboxylic acids is 1. The standard InChI is InChI=1S/C19H30N2O3/c1-16-17(9-11-20(2)3)15-23-14-12-21(16)19(22)10-13-24-18-7-5-4-6-8-18/h4-8,16-17H,9-15H2,1-3H3/t16-,17+/m0/s1. The van der Waals surface area contributed by atoms with E-state index in [-0.39, 0.29) is 11.9 Å². The number of para-hydroxylation sites is 1. The molecule has 1 aliphatic heterocycles. The number of benzene rings is 1. The Morgan fingerprint density at radius 1 is 1.33 bits per heavy atom. The average molecular weight is 334 g/mol. The van der Waals surface area contributed by atoms with E-state index in [0.29, 0.717) is 32.1 Å². The van der Waals surface area contributed by atoms with Crippen LogP contribution in [0.25, 0.3) is 0 Å². The third-order valence-electron chi connectivity index (χ3n) is 4.58. The summed E-state index contributed by atoms with van der Waals surface area (Å²) in [5.74, 6) is 1.34. The molecule has 0 saturated carbocycles. The Morgan fingerprint density at radius 3 is 2.79 bits per heavy atom. The number of nitrogens with zero attached hydrogens (tertiary/aromatic N) is 2. The van der Waals surface area contributed by atoms with Crippen molar-refractivity contribution in [3.05, 3.63) is 30.3 Å². The van der Waals surface area contributed by atoms with Gasteiger partial charge in [-0.1, -0.05) is 18.2 Å². The highest BCUT2D eigenvalue weighted by atomic mass is 16.5. The molecule has 0 spiro atoms. The van der Waals surface area contributed by atoms with Crippen LogP contribution < -0.4 is 4.74 Å². The lowest BCUT2D eigenvalue weighted by Crippen LogP contribution is -2.44. The molecule has 0 N–H and O–H groups in total. The number of carbonyl (C=O) groups is 1. The predicted octanol–water partition coefficient (Wildman–Crippen LogP) is 2.27. The van der Waals surface area contributed by atoms with Gasteiger partial charge in [0.2, 0.25) is 5.91 Å². The molecule has 1 amide bonds. The van der Waals surface area contributed by atoms with Crippen LogP contribution in [0.15, 0.2) is 30.3 Å². The molecule has 134 valence electrons. The molecular formula is C19H30N2O3. The zero-order valence-corrected chi connectivity index (χ0v) is 15.1. The number of rotatable bonds is 7. The van der Waals surface area contributed by atoms with Crippen molar-refractivity contribution in [2.75, 3.05) is 47.0 Å². The van der Waals surface area contributed by atoms with Crippen molar-refractivity contribution in [1.29, 1.82) is 0 Å². The maximum Gasteiger partial charge on any atom is 0.226 e. The van der Waals surface area contributed by atoms with E-state index in [4.69, 9.17) is 9.47 Å². The summed E-state index contributed by atoms with van der Waals surface area (Å²) in [4.78, 5) is 16.8. The number of hydrogen-bond donors (Lipinski definition) is 0. The van der Waals surface area contributed by atoms with E-state index in [1.54, 1.807) is 0 Å². The summed E-state index contributed by atoms with van der Waals surface area (Å²) in [5.41, 5.74) is 0. The molecule has 0 aliphatic carbocycles. The third-order valence-corrected chi connectivity index (χ3v) is 4.58. The molecule has 5 nitrogen and oxygen atoms in total. The Kier molecular flexibility index (Phi) is 7.53. The molecule has 1 aromatic carbocycles. The molecular weight excluding hydrogens is 304 g/mol. The summed E-state index contributed by atoms with van der Waals surface area (Å²) >= 11 is 0. The van der Waals surface area contributed by atoms with E-state index in [2.05, 4.69) is 25.9 Å². The van der Waals surface area contributed by atoms with Crippen LogP contribution in [0.5, 0.6) is 5.75 Å². The summed E-state index contributed by atoms with van der Waals surface area (Å²) in [6.07, 6.45) is 1.44. The van der Waals surface area contributed by atoms with Crippen LogP contribution in [-0.2, 0) is 9.53 Å². The maximum atomic E-state index is 12.6. The minimum atomic E-state index is 0.152. The summed E-state index contributed by atoms with van der Waals surface area (Å²) in [6.45, 7) is 5.59. The fourth-order valence-electron chi connectivity index (χ4n) is 3.01. The molecule has 2 rings (SSSR count). The van der Waals surface area contributed by atoms with Gasteiger partial charge in [-0.15, -0.1) is 0 Å². The van der Waals surface area contributed by atoms with Crippen molar-refractivity contribution in [3.63, 3.8) is 0 Å². The SMILES string of the molecule is C[C@H]1[C@H](CCN(C)C)COCCN1C(=O)CCOc1ccccc1. The molecule has 5 heteroatoms. The Labute approximate surface area is 145 Å². The van der Waals surface area contributed by atoms with Crippen molar-refractivity contribution in [2.45, 2.75) is 25.8 Å². The minimum Gasteiger partial charge on any atom is -0.493 e. The highest BCUT2D eigenvalue weighted by molar-refractivity contribution is 5.76. The third kappa shape index (κ3) is 5.80. The van der Waals surface area contributed by atoms with Gasteiger partial charge in [0.15, 0.2) is 0 Å². The first-order chi connectivity index (χ1) is 11.6. The van der Waals surface area contributed by atoms with Crippen molar-refractivity contribution < 1.29 is 14.3 Å². The van der Waals surface area contributed by atoms with Gasteiger partial charge in [0, 0.05) is 18.5 Å². The second-order valence-electron chi connectivity index (χ2n) is 6.67. The zero-order valence-electron chi connectivity index (χ0n) is 15.1. The van der Waals surface area contributed by atoms with Crippen molar-refractivity contribution in [3.8, 4) is 5.75 Å². The van der Waals surface area contributed by atoms with Crippen LogP contribution >= 0.6 is 0 Å². The summed E-state index contributed by atoms with van der Waals surface area (Å²) < 4.78 is 11.4. The minimum absolute atomic E-state index is 0.152. The number of amides is 1. The summed E-state index contributed by atoms with van der Waals surface area (Å²) in [7, 11) is 4.15. The highest BCUT2D eigenvalue weighted by Crippen LogP contribution is 2.20. The first kappa shape index (κ1) is 18.7. The monoisotopic (exact) mass is 334 g/mol. The molecule has 1 saturated heterocycles. The van der Waals surface area contributed by atoms with Crippen LogP contribution in [-0.4, -0.2) is 68.8 Å². The highest BCUT2D eigenvalue weighted by Gasteiger charge is 2.29. The van der Waals surface area contributed by atoms with Crippen molar-refractivity contribution in [1.82, 2.24) is 9.80 Å². The molecule has 1 fully saturated rings. The molecule has 0 aromatic heterocycles. The van der Waals surface area contributed by atoms with E-state index in [9.17, 15) is 4.79 Å². The van der Waals surface area contributed by atoms with Gasteiger partial charge in [-0.05, 0) is 46.1 Å². The van der Waals surface area contributed by atoms with E-state index in [0.717, 1.165) is 25.3 Å². The second kappa shape index (κ2) is 9.64. The quantitative estimate of drug-likeness (QED) is 0.767. The zero-order chi connectivity index (χ0) is 17.4. The Morgan fingerprint density at radius 2 is 2.08 bits per heavy atom. The fraction of sp³-hybridized carbons (Fsp3) is 0.632. The lowest BCUT2D eigenvalue weighted by atomic mass is 9.96. The molecule has 2 atom stereocenters. The second-order valence-corrected chi connectivity index (χ2v) is 6.67. The molecule has 1 aromatic rings. The van der Waals surface area contributed by atoms with Gasteiger partial charge >= 0.3 is 0 Å². The predicted molar refractivity (Wildman–Crippen MR) is 95.2 cm³/mol. The number of ether oxygens (including phenoxy) is 2. The Hall–Kier alpha value is -1.59. The van der Waals surface area contributed by atoms with E-state index in [1.807, 2.05) is 35.2 Å². The van der Waals surface area contributed by atoms with Crippen LogP contribution in [0.3, 0.4) is 0 Å². The summed E-state index contributed by atoms with van der Waals surface area (Å²) in [5, 5.41) is 0. The molecule has 0 radical (unpaired) electrons. The van der Waals surface area contributed by atoms with Crippen LogP contribution in [0.4, 0.5) is 0 Å². The van der Waals surface area contributed by atoms with Gasteiger partial charge in [0.1, 0.15) is 5.75 Å². The van der Waals surface area contributed by atoms with Crippen LogP contribution in [0.1, 0.15) is 19.8 Å². The van der Waals surface area contributed by atoms with E-state index < -0.39 is 0 Å². The molecule has 0 bridgehead atoms. The van der Waals surface area contributed by atoms with Crippen molar-refractivity contribution in [2.24, 2.45) is 5.92 Å². The fourth-order valence-corrected chi connectivity index (χ4v) is 3.01. The van der Waals surface area contributed by atoms with Gasteiger partial charge in [-0.25, -0.2) is 0 Å². The molecule has 1 heterocycles. The normalized spacial score (nSPS) is 21.6. The van der Waals surface area contributed by atoms with Gasteiger partial charge in [-0.2, -0.15) is 0 Å². The first-order valence-corrected chi connectivity index (χ1v) is 8.77. The Balaban J connectivity index is 1.84. The topological polar surface area (TPSA) is 42.0 Å². The van der Waals surface area contributed by atoms with Gasteiger partial charge in [0.05, 0.1) is 26.2 Å². The Bertz CT molecular complexity index is 493. The maximum absolute atomic E-state index is 12.6. The van der Waals surface area contributed by atoms with Gasteiger partial charge in [0.25, 0.3) is 0 Å². The first-order valence-electron chi connectivity index (χ1n) is 8.77. The molecule has 24 heavy (non-hydrogen) atoms. The van der Waals surface area contributed by atoms with Crippen molar-refractivity contribution >= 4 is 5.91 Å². The van der Waals surface area contributed by atoms with Crippen LogP contribution in [0.2, 0.25) is 0 Å². The van der Waals surface area contributed by atoms with Gasteiger partial charge in [-0.3, -0.25) is 4.79 Å². The van der Waals surface area contributed by atoms with Crippen LogP contribution in [0, 0.1) is 5.92 Å². The molecule has 1 aliphatic rings. The largest absolute Gasteiger partial charge is 0.493 e. The van der Waals surface area contributed by atoms with Gasteiger partial charge < -0.3 is 19.3 Å². The lowest BCUT2D eigenvalue weighted by Gasteiger charge is -2.32. The van der Waals surface area contributed by atoms with E-state index >= 15 is 0 Å². The van der Waals surface area contributed by atoms with E-state index in [1.165, 1.54) is 0 Å². The number of hydrogen-bond acceptors (Lipinski definition) is 4. The smallest absolute Gasteiger partial charge is 0.226 e. The summed E-state index contributed by atoms with van der Waals surface area (Å²) in [6, 6.07) is 9.83.